The molecule has 1 aromatic carbocycles. The van der Waals surface area contributed by atoms with Crippen LogP contribution >= 0.6 is 0 Å². The van der Waals surface area contributed by atoms with E-state index in [1.807, 2.05) is 0 Å². The third kappa shape index (κ3) is 2.05. The Bertz CT molecular complexity index is 354. The number of nitro benzene ring substituents is 1. The van der Waals surface area contributed by atoms with Gasteiger partial charge in [0.05, 0.1) is 11.5 Å². The van der Waals surface area contributed by atoms with Crippen LogP contribution in [0.1, 0.15) is 12.5 Å². The first-order valence-electron chi connectivity index (χ1n) is 3.94. The van der Waals surface area contributed by atoms with Crippen molar-refractivity contribution in [2.45, 2.75) is 6.92 Å². The Kier molecular flexibility index (Phi) is 3.14. The van der Waals surface area contributed by atoms with Crippen LogP contribution in [-0.4, -0.2) is 16.6 Å². The average molecular weight is 198 g/mol. The monoisotopic (exact) mass is 198 g/mol. The van der Waals surface area contributed by atoms with Crippen LogP contribution in [0.3, 0.4) is 0 Å². The van der Waals surface area contributed by atoms with Crippen molar-refractivity contribution >= 4 is 5.69 Å². The average Bonchev–Trinajstić information content (AvgIpc) is 2.16. The minimum atomic E-state index is -0.603. The molecule has 0 fully saturated rings. The molecule has 1 rings (SSSR count). The molecule has 0 heterocycles. The van der Waals surface area contributed by atoms with Crippen molar-refractivity contribution in [3.05, 3.63) is 45.6 Å². The summed E-state index contributed by atoms with van der Waals surface area (Å²) in [5.74, 6) is -0.186. The van der Waals surface area contributed by atoms with E-state index in [-0.39, 0.29) is 17.9 Å². The van der Waals surface area contributed by atoms with Crippen LogP contribution in [0.2, 0.25) is 0 Å². The maximum Gasteiger partial charge on any atom is 0.273 e. The Balaban J connectivity index is 3.22. The van der Waals surface area contributed by atoms with Gasteiger partial charge in [-0.15, -0.1) is 0 Å². The minimum absolute atomic E-state index is 0.137. The molecule has 0 spiro atoms. The molecule has 75 valence electrons. The van der Waals surface area contributed by atoms with Gasteiger partial charge >= 0.3 is 0 Å². The summed E-state index contributed by atoms with van der Waals surface area (Å²) in [5.41, 5.74) is -0.0598. The zero-order chi connectivity index (χ0) is 10.7. The summed E-state index contributed by atoms with van der Waals surface area (Å²) in [6.07, 6.45) is 0. The molecule has 14 heavy (non-hydrogen) atoms. The Hall–Kier alpha value is -1.49. The summed E-state index contributed by atoms with van der Waals surface area (Å²) >= 11 is 0. The fourth-order valence-corrected chi connectivity index (χ4v) is 1.09. The third-order valence-corrected chi connectivity index (χ3v) is 1.85. The van der Waals surface area contributed by atoms with Crippen molar-refractivity contribution in [2.75, 3.05) is 6.61 Å². The second-order valence-corrected chi connectivity index (χ2v) is 2.86. The molecule has 0 unspecified atom stereocenters. The van der Waals surface area contributed by atoms with Gasteiger partial charge in [-0.1, -0.05) is 6.92 Å². The van der Waals surface area contributed by atoms with E-state index in [4.69, 9.17) is 5.11 Å². The highest BCUT2D eigenvalue weighted by atomic mass is 19.1. The van der Waals surface area contributed by atoms with Gasteiger partial charge in [0.2, 0.25) is 0 Å². The van der Waals surface area contributed by atoms with Crippen molar-refractivity contribution in [2.24, 2.45) is 0 Å². The van der Waals surface area contributed by atoms with E-state index in [9.17, 15) is 14.5 Å². The van der Waals surface area contributed by atoms with Crippen molar-refractivity contribution in [3.63, 3.8) is 0 Å². The molecule has 1 aromatic rings. The van der Waals surface area contributed by atoms with Crippen molar-refractivity contribution in [3.8, 4) is 0 Å². The highest BCUT2D eigenvalue weighted by molar-refractivity contribution is 5.48. The number of halogens is 1. The van der Waals surface area contributed by atoms with Crippen LogP contribution in [-0.2, 0) is 0 Å². The topological polar surface area (TPSA) is 63.4 Å². The molecule has 4 nitrogen and oxygen atoms in total. The maximum absolute atomic E-state index is 12.8. The van der Waals surface area contributed by atoms with Gasteiger partial charge in [-0.25, -0.2) is 4.39 Å². The molecule has 0 aromatic heterocycles. The summed E-state index contributed by atoms with van der Waals surface area (Å²) < 4.78 is 12.8. The second kappa shape index (κ2) is 4.15. The molecule has 1 N–H and O–H groups in total. The van der Waals surface area contributed by atoms with E-state index in [0.29, 0.717) is 5.92 Å². The quantitative estimate of drug-likeness (QED) is 0.593. The molecule has 5 heteroatoms. The van der Waals surface area contributed by atoms with Gasteiger partial charge in [0.1, 0.15) is 5.82 Å². The summed E-state index contributed by atoms with van der Waals surface area (Å²) in [4.78, 5) is 9.94. The SMILES string of the molecule is C[C](CO)c1cc(F)ccc1[N+](=O)[O-]. The second-order valence-electron chi connectivity index (χ2n) is 2.86. The number of hydrogen-bond donors (Lipinski definition) is 1. The van der Waals surface area contributed by atoms with E-state index in [2.05, 4.69) is 0 Å². The predicted octanol–water partition coefficient (Wildman–Crippen LogP) is 1.67. The lowest BCUT2D eigenvalue weighted by Crippen LogP contribution is -2.04. The lowest BCUT2D eigenvalue weighted by atomic mass is 10.0. The fourth-order valence-electron chi connectivity index (χ4n) is 1.09. The molecule has 0 amide bonds. The standard InChI is InChI=1S/C9H9FNO3/c1-6(5-12)8-4-7(10)2-3-9(8)11(13)14/h2-4,12H,5H2,1H3. The third-order valence-electron chi connectivity index (χ3n) is 1.85. The number of rotatable bonds is 3. The molecule has 0 saturated carbocycles. The molecule has 0 atom stereocenters. The number of nitrogens with zero attached hydrogens (tertiary/aromatic N) is 1. The van der Waals surface area contributed by atoms with E-state index in [1.165, 1.54) is 6.92 Å². The molecule has 0 bridgehead atoms. The largest absolute Gasteiger partial charge is 0.395 e. The fraction of sp³-hybridized carbons (Fsp3) is 0.222. The number of nitro groups is 1. The summed E-state index contributed by atoms with van der Waals surface area (Å²) in [5, 5.41) is 19.3. The summed E-state index contributed by atoms with van der Waals surface area (Å²) in [6.45, 7) is 1.19. The zero-order valence-electron chi connectivity index (χ0n) is 7.53. The highest BCUT2D eigenvalue weighted by Gasteiger charge is 2.19. The van der Waals surface area contributed by atoms with Crippen LogP contribution in [0.4, 0.5) is 10.1 Å². The van der Waals surface area contributed by atoms with Crippen LogP contribution in [0, 0.1) is 21.8 Å². The molecule has 1 radical (unpaired) electrons. The summed E-state index contributed by atoms with van der Waals surface area (Å²) in [7, 11) is 0. The minimum Gasteiger partial charge on any atom is -0.395 e. The number of aliphatic hydroxyl groups excluding tert-OH is 1. The first-order valence-corrected chi connectivity index (χ1v) is 3.94. The lowest BCUT2D eigenvalue weighted by Gasteiger charge is -2.07. The number of hydrogen-bond acceptors (Lipinski definition) is 3. The zero-order valence-corrected chi connectivity index (χ0v) is 7.53. The number of benzene rings is 1. The Morgan fingerprint density at radius 1 is 1.64 bits per heavy atom. The number of aliphatic hydroxyl groups is 1. The van der Waals surface area contributed by atoms with Crippen LogP contribution in [0.15, 0.2) is 18.2 Å². The van der Waals surface area contributed by atoms with Crippen LogP contribution in [0.5, 0.6) is 0 Å². The van der Waals surface area contributed by atoms with E-state index < -0.39 is 10.7 Å². The summed E-state index contributed by atoms with van der Waals surface area (Å²) in [6, 6.07) is 3.15. The normalized spacial score (nSPS) is 10.6. The Morgan fingerprint density at radius 2 is 2.29 bits per heavy atom. The van der Waals surface area contributed by atoms with Crippen molar-refractivity contribution < 1.29 is 14.4 Å². The molecule has 0 aliphatic heterocycles. The van der Waals surface area contributed by atoms with Crippen molar-refractivity contribution in [1.29, 1.82) is 0 Å². The smallest absolute Gasteiger partial charge is 0.273 e. The molecular weight excluding hydrogens is 189 g/mol. The van der Waals surface area contributed by atoms with Gasteiger partial charge < -0.3 is 5.11 Å². The van der Waals surface area contributed by atoms with Gasteiger partial charge in [0.25, 0.3) is 5.69 Å². The Morgan fingerprint density at radius 3 is 2.79 bits per heavy atom. The first-order chi connectivity index (χ1) is 6.56. The Labute approximate surface area is 80.1 Å². The van der Waals surface area contributed by atoms with Gasteiger partial charge in [-0.05, 0) is 12.1 Å². The molecule has 0 aliphatic rings. The van der Waals surface area contributed by atoms with E-state index in [0.717, 1.165) is 18.2 Å². The lowest BCUT2D eigenvalue weighted by molar-refractivity contribution is -0.385. The molecule has 0 saturated heterocycles. The van der Waals surface area contributed by atoms with Crippen LogP contribution in [0.25, 0.3) is 0 Å². The van der Waals surface area contributed by atoms with Crippen LogP contribution < -0.4 is 0 Å². The van der Waals surface area contributed by atoms with Gasteiger partial charge in [0.15, 0.2) is 0 Å². The molecule has 0 aliphatic carbocycles. The van der Waals surface area contributed by atoms with Gasteiger partial charge in [0, 0.05) is 17.5 Å². The van der Waals surface area contributed by atoms with Crippen molar-refractivity contribution in [1.82, 2.24) is 0 Å². The van der Waals surface area contributed by atoms with E-state index in [1.54, 1.807) is 0 Å². The highest BCUT2D eigenvalue weighted by Crippen LogP contribution is 2.26. The molecular formula is C9H9FNO3. The van der Waals surface area contributed by atoms with Gasteiger partial charge in [-0.3, -0.25) is 10.1 Å². The van der Waals surface area contributed by atoms with E-state index >= 15 is 0 Å². The predicted molar refractivity (Wildman–Crippen MR) is 48.2 cm³/mol. The van der Waals surface area contributed by atoms with Gasteiger partial charge in [-0.2, -0.15) is 0 Å². The first kappa shape index (κ1) is 10.6. The maximum atomic E-state index is 12.8.